The normalized spacial score (nSPS) is 13.3. The zero-order valence-corrected chi connectivity index (χ0v) is 11.8. The topological polar surface area (TPSA) is 115 Å². The molecule has 106 valence electrons. The van der Waals surface area contributed by atoms with Crippen LogP contribution in [0.2, 0.25) is 0 Å². The van der Waals surface area contributed by atoms with Gasteiger partial charge in [-0.1, -0.05) is 19.9 Å². The monoisotopic (exact) mass is 285 g/mol. The lowest BCUT2D eigenvalue weighted by Crippen LogP contribution is -2.31. The van der Waals surface area contributed by atoms with Gasteiger partial charge in [-0.2, -0.15) is 0 Å². The van der Waals surface area contributed by atoms with Crippen molar-refractivity contribution in [3.8, 4) is 0 Å². The van der Waals surface area contributed by atoms with E-state index in [1.807, 2.05) is 13.8 Å². The highest BCUT2D eigenvalue weighted by atomic mass is 32.2. The number of hydrogen-bond donors (Lipinski definition) is 3. The summed E-state index contributed by atoms with van der Waals surface area (Å²) in [5.41, 5.74) is 6.18. The summed E-state index contributed by atoms with van der Waals surface area (Å²) < 4.78 is 22.4. The quantitative estimate of drug-likeness (QED) is 0.736. The van der Waals surface area contributed by atoms with Crippen LogP contribution < -0.4 is 16.2 Å². The molecule has 19 heavy (non-hydrogen) atoms. The third-order valence-electron chi connectivity index (χ3n) is 2.72. The maximum atomic E-state index is 11.7. The molecule has 6 nitrogen and oxygen atoms in total. The zero-order chi connectivity index (χ0) is 14.6. The van der Waals surface area contributed by atoms with Crippen LogP contribution in [0.4, 0.5) is 5.69 Å². The molecule has 0 aromatic heterocycles. The van der Waals surface area contributed by atoms with Crippen LogP contribution in [0.1, 0.15) is 20.3 Å². The van der Waals surface area contributed by atoms with Gasteiger partial charge in [0.2, 0.25) is 15.9 Å². The second-order valence-electron chi connectivity index (χ2n) is 4.73. The first-order valence-electron chi connectivity index (χ1n) is 5.88. The molecule has 0 spiro atoms. The number of anilines is 1. The molecule has 0 radical (unpaired) electrons. The van der Waals surface area contributed by atoms with Crippen molar-refractivity contribution >= 4 is 21.6 Å². The van der Waals surface area contributed by atoms with Crippen LogP contribution >= 0.6 is 0 Å². The fraction of sp³-hybridized carbons (Fsp3) is 0.417. The fourth-order valence-corrected chi connectivity index (χ4v) is 1.97. The number of nitrogens with one attached hydrogen (secondary N) is 1. The van der Waals surface area contributed by atoms with E-state index in [2.05, 4.69) is 5.32 Å². The first-order valence-corrected chi connectivity index (χ1v) is 7.43. The van der Waals surface area contributed by atoms with Gasteiger partial charge in [-0.25, -0.2) is 13.6 Å². The molecule has 1 amide bonds. The van der Waals surface area contributed by atoms with Gasteiger partial charge in [0.1, 0.15) is 0 Å². The summed E-state index contributed by atoms with van der Waals surface area (Å²) in [4.78, 5) is 11.7. The highest BCUT2D eigenvalue weighted by Gasteiger charge is 2.14. The van der Waals surface area contributed by atoms with Crippen molar-refractivity contribution < 1.29 is 13.2 Å². The van der Waals surface area contributed by atoms with E-state index in [0.29, 0.717) is 5.69 Å². The van der Waals surface area contributed by atoms with Crippen LogP contribution in [0.25, 0.3) is 0 Å². The third kappa shape index (κ3) is 4.98. The second-order valence-corrected chi connectivity index (χ2v) is 6.29. The minimum absolute atomic E-state index is 0.0431. The lowest BCUT2D eigenvalue weighted by molar-refractivity contribution is -0.116. The fourth-order valence-electron chi connectivity index (χ4n) is 1.41. The Kier molecular flexibility index (Phi) is 5.04. The van der Waals surface area contributed by atoms with Crippen molar-refractivity contribution in [2.45, 2.75) is 31.2 Å². The zero-order valence-electron chi connectivity index (χ0n) is 11.0. The summed E-state index contributed by atoms with van der Waals surface area (Å²) in [6, 6.07) is 5.55. The van der Waals surface area contributed by atoms with E-state index in [4.69, 9.17) is 10.9 Å². The molecule has 1 aromatic carbocycles. The summed E-state index contributed by atoms with van der Waals surface area (Å²) in [6.45, 7) is 3.86. The number of primary sulfonamides is 1. The predicted molar refractivity (Wildman–Crippen MR) is 73.9 cm³/mol. The van der Waals surface area contributed by atoms with Gasteiger partial charge in [0.05, 0.1) is 4.90 Å². The van der Waals surface area contributed by atoms with Gasteiger partial charge >= 0.3 is 0 Å². The van der Waals surface area contributed by atoms with Crippen molar-refractivity contribution in [2.24, 2.45) is 16.8 Å². The number of carbonyl (C=O) groups excluding carboxylic acids is 1. The third-order valence-corrected chi connectivity index (χ3v) is 3.63. The van der Waals surface area contributed by atoms with Crippen LogP contribution in [0.5, 0.6) is 0 Å². The van der Waals surface area contributed by atoms with E-state index in [1.54, 1.807) is 6.07 Å². The summed E-state index contributed by atoms with van der Waals surface area (Å²) in [7, 11) is -3.77. The number of rotatable bonds is 5. The number of amides is 1. The number of carbonyl (C=O) groups is 1. The van der Waals surface area contributed by atoms with E-state index in [9.17, 15) is 13.2 Å². The first kappa shape index (κ1) is 15.6. The number of benzene rings is 1. The van der Waals surface area contributed by atoms with Gasteiger partial charge in [-0.15, -0.1) is 0 Å². The molecule has 1 aromatic rings. The Hall–Kier alpha value is -1.44. The number of nitrogens with two attached hydrogens (primary N) is 2. The standard InChI is InChI=1S/C12H19N3O3S/c1-8(2)11(13)7-12(16)15-9-4-3-5-10(6-9)19(14,17)18/h3-6,8,11H,7,13H2,1-2H3,(H,15,16)(H2,14,17,18). The average molecular weight is 285 g/mol. The van der Waals surface area contributed by atoms with E-state index in [-0.39, 0.29) is 29.2 Å². The van der Waals surface area contributed by atoms with Crippen molar-refractivity contribution in [1.82, 2.24) is 0 Å². The van der Waals surface area contributed by atoms with Crippen LogP contribution in [0, 0.1) is 5.92 Å². The van der Waals surface area contributed by atoms with Crippen molar-refractivity contribution in [3.05, 3.63) is 24.3 Å². The van der Waals surface area contributed by atoms with Gasteiger partial charge in [0.25, 0.3) is 0 Å². The van der Waals surface area contributed by atoms with Crippen LogP contribution in [-0.4, -0.2) is 20.4 Å². The molecule has 0 heterocycles. The van der Waals surface area contributed by atoms with Crippen molar-refractivity contribution in [1.29, 1.82) is 0 Å². The van der Waals surface area contributed by atoms with E-state index < -0.39 is 10.0 Å². The van der Waals surface area contributed by atoms with Gasteiger partial charge in [0.15, 0.2) is 0 Å². The summed E-state index contributed by atoms with van der Waals surface area (Å²) in [5.74, 6) is -0.0609. The lowest BCUT2D eigenvalue weighted by atomic mass is 10.0. The lowest BCUT2D eigenvalue weighted by Gasteiger charge is -2.15. The Morgan fingerprint density at radius 2 is 2.00 bits per heavy atom. The summed E-state index contributed by atoms with van der Waals surface area (Å²) >= 11 is 0. The predicted octanol–water partition coefficient (Wildman–Crippen LogP) is 0.646. The minimum atomic E-state index is -3.77. The highest BCUT2D eigenvalue weighted by molar-refractivity contribution is 7.89. The molecule has 0 aliphatic heterocycles. The van der Waals surface area contributed by atoms with Crippen LogP contribution in [0.3, 0.4) is 0 Å². The molecule has 7 heteroatoms. The average Bonchev–Trinajstić information content (AvgIpc) is 2.27. The molecule has 0 bridgehead atoms. The molecular weight excluding hydrogens is 266 g/mol. The van der Waals surface area contributed by atoms with Gasteiger partial charge in [-0.05, 0) is 24.1 Å². The van der Waals surface area contributed by atoms with Gasteiger partial charge in [-0.3, -0.25) is 4.79 Å². The molecule has 1 rings (SSSR count). The Morgan fingerprint density at radius 3 is 2.53 bits per heavy atom. The molecule has 0 aliphatic rings. The largest absolute Gasteiger partial charge is 0.327 e. The van der Waals surface area contributed by atoms with Crippen LogP contribution in [-0.2, 0) is 14.8 Å². The second kappa shape index (κ2) is 6.14. The first-order chi connectivity index (χ1) is 8.70. The molecular formula is C12H19N3O3S. The minimum Gasteiger partial charge on any atom is -0.327 e. The Balaban J connectivity index is 2.76. The highest BCUT2D eigenvalue weighted by Crippen LogP contribution is 2.14. The van der Waals surface area contributed by atoms with Gasteiger partial charge in [0, 0.05) is 18.2 Å². The maximum absolute atomic E-state index is 11.7. The van der Waals surface area contributed by atoms with Crippen molar-refractivity contribution in [3.63, 3.8) is 0 Å². The SMILES string of the molecule is CC(C)C(N)CC(=O)Nc1cccc(S(N)(=O)=O)c1. The Labute approximate surface area is 113 Å². The van der Waals surface area contributed by atoms with E-state index >= 15 is 0 Å². The smallest absolute Gasteiger partial charge is 0.238 e. The molecule has 0 saturated carbocycles. The number of sulfonamides is 1. The van der Waals surface area contributed by atoms with Gasteiger partial charge < -0.3 is 11.1 Å². The van der Waals surface area contributed by atoms with Crippen molar-refractivity contribution in [2.75, 3.05) is 5.32 Å². The van der Waals surface area contributed by atoms with E-state index in [0.717, 1.165) is 0 Å². The number of hydrogen-bond acceptors (Lipinski definition) is 4. The molecule has 0 fully saturated rings. The molecule has 0 saturated heterocycles. The van der Waals surface area contributed by atoms with E-state index in [1.165, 1.54) is 18.2 Å². The Morgan fingerprint density at radius 1 is 1.37 bits per heavy atom. The maximum Gasteiger partial charge on any atom is 0.238 e. The molecule has 1 atom stereocenters. The summed E-state index contributed by atoms with van der Waals surface area (Å²) in [5, 5.41) is 7.62. The molecule has 0 aliphatic carbocycles. The molecule has 5 N–H and O–H groups in total. The Bertz CT molecular complexity index is 555. The summed E-state index contributed by atoms with van der Waals surface area (Å²) in [6.07, 6.45) is 0.178. The van der Waals surface area contributed by atoms with Crippen LogP contribution in [0.15, 0.2) is 29.2 Å². The molecule has 1 unspecified atom stereocenters.